The molecule has 26 heavy (non-hydrogen) atoms. The van der Waals surface area contributed by atoms with Crippen LogP contribution in [0.25, 0.3) is 0 Å². The van der Waals surface area contributed by atoms with E-state index in [4.69, 9.17) is 0 Å². The number of anilines is 1. The van der Waals surface area contributed by atoms with Gasteiger partial charge in [-0.2, -0.15) is 0 Å². The smallest absolute Gasteiger partial charge is 0.223 e. The van der Waals surface area contributed by atoms with Gasteiger partial charge in [-0.3, -0.25) is 0 Å². The fraction of sp³-hybridized carbons (Fsp3) is 0.474. The Hall–Kier alpha value is -1.99. The molecule has 0 saturated carbocycles. The molecule has 1 aromatic carbocycles. The zero-order valence-electron chi connectivity index (χ0n) is 15.1. The summed E-state index contributed by atoms with van der Waals surface area (Å²) in [4.78, 5) is 8.31. The molecule has 3 rings (SSSR count). The summed E-state index contributed by atoms with van der Waals surface area (Å²) in [6.07, 6.45) is 5.41. The summed E-state index contributed by atoms with van der Waals surface area (Å²) in [7, 11) is -3.35. The van der Waals surface area contributed by atoms with E-state index in [0.717, 1.165) is 31.5 Å². The quantitative estimate of drug-likeness (QED) is 0.773. The van der Waals surface area contributed by atoms with Crippen molar-refractivity contribution >= 4 is 15.8 Å². The van der Waals surface area contributed by atoms with Crippen LogP contribution < -0.4 is 10.6 Å². The van der Waals surface area contributed by atoms with E-state index in [1.165, 1.54) is 5.56 Å². The van der Waals surface area contributed by atoms with Crippen molar-refractivity contribution in [2.24, 2.45) is 5.92 Å². The van der Waals surface area contributed by atoms with E-state index in [9.17, 15) is 8.42 Å². The Bertz CT molecular complexity index is 788. The first-order valence-corrected chi connectivity index (χ1v) is 10.8. The van der Waals surface area contributed by atoms with E-state index in [1.807, 2.05) is 31.2 Å². The van der Waals surface area contributed by atoms with Crippen LogP contribution in [-0.4, -0.2) is 42.6 Å². The number of piperidine rings is 1. The maximum Gasteiger partial charge on any atom is 0.223 e. The van der Waals surface area contributed by atoms with E-state index in [0.29, 0.717) is 12.4 Å². The first-order chi connectivity index (χ1) is 12.5. The number of hydrogen-bond donors (Lipinski definition) is 2. The van der Waals surface area contributed by atoms with Gasteiger partial charge < -0.3 is 10.6 Å². The van der Waals surface area contributed by atoms with Crippen molar-refractivity contribution in [3.63, 3.8) is 0 Å². The topological polar surface area (TPSA) is 84.0 Å². The highest BCUT2D eigenvalue weighted by molar-refractivity contribution is 7.92. The van der Waals surface area contributed by atoms with Crippen LogP contribution in [-0.2, 0) is 16.3 Å². The van der Waals surface area contributed by atoms with Crippen molar-refractivity contribution < 1.29 is 8.42 Å². The summed E-state index contributed by atoms with van der Waals surface area (Å²) < 4.78 is 26.3. The molecule has 1 atom stereocenters. The van der Waals surface area contributed by atoms with Gasteiger partial charge in [0.1, 0.15) is 5.37 Å². The maximum absolute atomic E-state index is 13.1. The number of rotatable bonds is 7. The van der Waals surface area contributed by atoms with Crippen molar-refractivity contribution in [2.45, 2.75) is 31.6 Å². The molecule has 0 amide bonds. The fourth-order valence-electron chi connectivity index (χ4n) is 3.29. The van der Waals surface area contributed by atoms with Crippen LogP contribution in [0.4, 0.5) is 5.95 Å². The lowest BCUT2D eigenvalue weighted by atomic mass is 9.98. The van der Waals surface area contributed by atoms with Gasteiger partial charge in [0, 0.05) is 12.4 Å². The van der Waals surface area contributed by atoms with Crippen molar-refractivity contribution in [1.82, 2.24) is 15.3 Å². The van der Waals surface area contributed by atoms with Gasteiger partial charge in [-0.05, 0) is 56.8 Å². The molecule has 1 aromatic heterocycles. The third-order valence-electron chi connectivity index (χ3n) is 4.83. The molecule has 1 unspecified atom stereocenters. The standard InChI is InChI=1S/C19H26N4O2S/c1-15-3-5-16(6-4-15)9-14-26(24,25)18(17-7-12-20-13-8-17)23-19-21-10-2-11-22-19/h2-6,10-11,17-18,20H,7-9,12-14H2,1H3,(H,21,22,23). The lowest BCUT2D eigenvalue weighted by Gasteiger charge is -2.31. The number of sulfone groups is 1. The maximum atomic E-state index is 13.1. The molecule has 1 aliphatic rings. The second kappa shape index (κ2) is 8.60. The van der Waals surface area contributed by atoms with Crippen molar-refractivity contribution in [3.05, 3.63) is 53.9 Å². The van der Waals surface area contributed by atoms with Crippen molar-refractivity contribution in [1.29, 1.82) is 0 Å². The summed E-state index contributed by atoms with van der Waals surface area (Å²) >= 11 is 0. The molecule has 2 N–H and O–H groups in total. The van der Waals surface area contributed by atoms with Gasteiger partial charge in [0.15, 0.2) is 9.84 Å². The number of nitrogens with zero attached hydrogens (tertiary/aromatic N) is 2. The third-order valence-corrected chi connectivity index (χ3v) is 6.88. The predicted octanol–water partition coefficient (Wildman–Crippen LogP) is 2.18. The highest BCUT2D eigenvalue weighted by atomic mass is 32.2. The highest BCUT2D eigenvalue weighted by Gasteiger charge is 2.34. The molecule has 2 heterocycles. The number of hydrogen-bond acceptors (Lipinski definition) is 6. The highest BCUT2D eigenvalue weighted by Crippen LogP contribution is 2.24. The molecular formula is C19H26N4O2S. The minimum atomic E-state index is -3.35. The van der Waals surface area contributed by atoms with Crippen LogP contribution in [0.3, 0.4) is 0 Å². The SMILES string of the molecule is Cc1ccc(CCS(=O)(=O)C(Nc2ncccn2)C2CCNCC2)cc1. The summed E-state index contributed by atoms with van der Waals surface area (Å²) in [5, 5.41) is 5.74. The Morgan fingerprint density at radius 2 is 1.81 bits per heavy atom. The van der Waals surface area contributed by atoms with Crippen LogP contribution >= 0.6 is 0 Å². The molecule has 2 aromatic rings. The van der Waals surface area contributed by atoms with Crippen LogP contribution in [0.1, 0.15) is 24.0 Å². The van der Waals surface area contributed by atoms with E-state index < -0.39 is 15.2 Å². The summed E-state index contributed by atoms with van der Waals surface area (Å²) in [5.41, 5.74) is 2.21. The van der Waals surface area contributed by atoms with E-state index >= 15 is 0 Å². The lowest BCUT2D eigenvalue weighted by molar-refractivity contribution is 0.366. The molecule has 1 fully saturated rings. The molecule has 1 saturated heterocycles. The number of benzene rings is 1. The van der Waals surface area contributed by atoms with E-state index in [-0.39, 0.29) is 11.7 Å². The summed E-state index contributed by atoms with van der Waals surface area (Å²) in [6, 6.07) is 9.75. The normalized spacial score (nSPS) is 17.0. The predicted molar refractivity (Wildman–Crippen MR) is 104 cm³/mol. The van der Waals surface area contributed by atoms with Gasteiger partial charge in [-0.25, -0.2) is 18.4 Å². The van der Waals surface area contributed by atoms with Gasteiger partial charge in [0.25, 0.3) is 0 Å². The largest absolute Gasteiger partial charge is 0.337 e. The van der Waals surface area contributed by atoms with Gasteiger partial charge in [-0.1, -0.05) is 29.8 Å². The minimum Gasteiger partial charge on any atom is -0.337 e. The Morgan fingerprint density at radius 1 is 1.15 bits per heavy atom. The first-order valence-electron chi connectivity index (χ1n) is 9.06. The molecular weight excluding hydrogens is 348 g/mol. The first kappa shape index (κ1) is 18.8. The van der Waals surface area contributed by atoms with Crippen LogP contribution in [0.15, 0.2) is 42.7 Å². The number of aryl methyl sites for hydroxylation is 2. The zero-order valence-corrected chi connectivity index (χ0v) is 15.9. The van der Waals surface area contributed by atoms with E-state index in [1.54, 1.807) is 18.5 Å². The monoisotopic (exact) mass is 374 g/mol. The number of aromatic nitrogens is 2. The van der Waals surface area contributed by atoms with E-state index in [2.05, 4.69) is 20.6 Å². The Morgan fingerprint density at radius 3 is 2.46 bits per heavy atom. The van der Waals surface area contributed by atoms with Crippen LogP contribution in [0.2, 0.25) is 0 Å². The fourth-order valence-corrected chi connectivity index (χ4v) is 5.21. The molecule has 1 aliphatic heterocycles. The molecule has 0 bridgehead atoms. The van der Waals surface area contributed by atoms with Crippen LogP contribution in [0, 0.1) is 12.8 Å². The minimum absolute atomic E-state index is 0.0584. The second-order valence-electron chi connectivity index (χ2n) is 6.83. The zero-order chi connectivity index (χ0) is 18.4. The van der Waals surface area contributed by atoms with Gasteiger partial charge >= 0.3 is 0 Å². The Balaban J connectivity index is 1.75. The van der Waals surface area contributed by atoms with Crippen molar-refractivity contribution in [3.8, 4) is 0 Å². The molecule has 0 spiro atoms. The molecule has 6 nitrogen and oxygen atoms in total. The van der Waals surface area contributed by atoms with Crippen molar-refractivity contribution in [2.75, 3.05) is 24.2 Å². The number of nitrogens with one attached hydrogen (secondary N) is 2. The molecule has 7 heteroatoms. The summed E-state index contributed by atoms with van der Waals surface area (Å²) in [5.74, 6) is 0.544. The van der Waals surface area contributed by atoms with Gasteiger partial charge in [0.05, 0.1) is 5.75 Å². The third kappa shape index (κ3) is 5.02. The van der Waals surface area contributed by atoms with Gasteiger partial charge in [-0.15, -0.1) is 0 Å². The average Bonchev–Trinajstić information content (AvgIpc) is 2.67. The average molecular weight is 375 g/mol. The Labute approximate surface area is 155 Å². The molecule has 0 aliphatic carbocycles. The van der Waals surface area contributed by atoms with Crippen LogP contribution in [0.5, 0.6) is 0 Å². The lowest BCUT2D eigenvalue weighted by Crippen LogP contribution is -2.44. The second-order valence-corrected chi connectivity index (χ2v) is 9.07. The molecule has 140 valence electrons. The Kier molecular flexibility index (Phi) is 6.21. The summed E-state index contributed by atoms with van der Waals surface area (Å²) in [6.45, 7) is 3.70. The van der Waals surface area contributed by atoms with Gasteiger partial charge in [0.2, 0.25) is 5.95 Å². The molecule has 0 radical (unpaired) electrons.